The summed E-state index contributed by atoms with van der Waals surface area (Å²) in [7, 11) is -3.46. The fourth-order valence-corrected chi connectivity index (χ4v) is 6.63. The number of thiophene rings is 1. The van der Waals surface area contributed by atoms with E-state index in [4.69, 9.17) is 0 Å². The molecule has 5 rings (SSSR count). The van der Waals surface area contributed by atoms with Gasteiger partial charge in [-0.05, 0) is 54.7 Å². The second-order valence-corrected chi connectivity index (χ2v) is 11.0. The van der Waals surface area contributed by atoms with E-state index < -0.39 is 10.0 Å². The lowest BCUT2D eigenvalue weighted by Gasteiger charge is -2.30. The van der Waals surface area contributed by atoms with Crippen LogP contribution in [0.5, 0.6) is 0 Å². The SMILES string of the molecule is O=C(NCc1ccc2ncnn2c1)c1ccc(C2CCN(S(=O)(=O)c3ccccc3)CC2)s1. The molecule has 1 aliphatic rings. The van der Waals surface area contributed by atoms with Gasteiger partial charge in [0.2, 0.25) is 10.0 Å². The van der Waals surface area contributed by atoms with Gasteiger partial charge >= 0.3 is 0 Å². The van der Waals surface area contributed by atoms with Crippen LogP contribution in [0.3, 0.4) is 0 Å². The summed E-state index contributed by atoms with van der Waals surface area (Å²) in [6.45, 7) is 1.36. The minimum Gasteiger partial charge on any atom is -0.347 e. The molecule has 0 aliphatic carbocycles. The van der Waals surface area contributed by atoms with E-state index in [1.165, 1.54) is 17.7 Å². The van der Waals surface area contributed by atoms with Crippen molar-refractivity contribution >= 4 is 32.9 Å². The molecule has 0 bridgehead atoms. The summed E-state index contributed by atoms with van der Waals surface area (Å²) in [5.41, 5.74) is 1.70. The monoisotopic (exact) mass is 481 g/mol. The minimum atomic E-state index is -3.46. The number of carbonyl (C=O) groups excluding carboxylic acids is 1. The molecule has 1 fully saturated rings. The molecule has 0 saturated carbocycles. The van der Waals surface area contributed by atoms with Crippen molar-refractivity contribution in [2.45, 2.75) is 30.2 Å². The Morgan fingerprint density at radius 1 is 1.06 bits per heavy atom. The van der Waals surface area contributed by atoms with Crippen molar-refractivity contribution < 1.29 is 13.2 Å². The number of fused-ring (bicyclic) bond motifs is 1. The Labute approximate surface area is 195 Å². The summed E-state index contributed by atoms with van der Waals surface area (Å²) in [6, 6.07) is 16.2. The molecule has 0 atom stereocenters. The molecule has 0 unspecified atom stereocenters. The largest absolute Gasteiger partial charge is 0.347 e. The molecule has 10 heteroatoms. The average Bonchev–Trinajstić information content (AvgIpc) is 3.53. The van der Waals surface area contributed by atoms with E-state index in [0.29, 0.717) is 29.4 Å². The van der Waals surface area contributed by atoms with Crippen LogP contribution < -0.4 is 5.32 Å². The summed E-state index contributed by atoms with van der Waals surface area (Å²) >= 11 is 1.48. The van der Waals surface area contributed by atoms with E-state index in [1.807, 2.05) is 36.5 Å². The van der Waals surface area contributed by atoms with Crippen LogP contribution in [-0.4, -0.2) is 46.3 Å². The Morgan fingerprint density at radius 2 is 1.85 bits per heavy atom. The molecule has 4 aromatic rings. The van der Waals surface area contributed by atoms with Gasteiger partial charge in [0.25, 0.3) is 5.91 Å². The number of sulfonamides is 1. The minimum absolute atomic E-state index is 0.117. The lowest BCUT2D eigenvalue weighted by Crippen LogP contribution is -2.37. The van der Waals surface area contributed by atoms with Gasteiger partial charge < -0.3 is 5.32 Å². The zero-order valence-corrected chi connectivity index (χ0v) is 19.4. The van der Waals surface area contributed by atoms with Crippen LogP contribution in [0.1, 0.15) is 38.9 Å². The summed E-state index contributed by atoms with van der Waals surface area (Å²) in [5, 5.41) is 7.07. The van der Waals surface area contributed by atoms with Crippen LogP contribution in [0.4, 0.5) is 0 Å². The Kier molecular flexibility index (Phi) is 5.96. The molecule has 170 valence electrons. The maximum absolute atomic E-state index is 12.8. The smallest absolute Gasteiger partial charge is 0.261 e. The molecule has 1 aromatic carbocycles. The van der Waals surface area contributed by atoms with E-state index in [1.54, 1.807) is 33.1 Å². The van der Waals surface area contributed by atoms with Gasteiger partial charge in [-0.15, -0.1) is 11.3 Å². The summed E-state index contributed by atoms with van der Waals surface area (Å²) in [6.07, 6.45) is 4.82. The third-order valence-corrected chi connectivity index (χ3v) is 9.04. The number of aromatic nitrogens is 3. The van der Waals surface area contributed by atoms with Crippen LogP contribution in [0.2, 0.25) is 0 Å². The third kappa shape index (κ3) is 4.54. The zero-order chi connectivity index (χ0) is 22.8. The predicted molar refractivity (Wildman–Crippen MR) is 126 cm³/mol. The third-order valence-electron chi connectivity index (χ3n) is 5.88. The fourth-order valence-electron chi connectivity index (χ4n) is 4.05. The summed E-state index contributed by atoms with van der Waals surface area (Å²) < 4.78 is 28.9. The van der Waals surface area contributed by atoms with Gasteiger partial charge in [0.1, 0.15) is 6.33 Å². The summed E-state index contributed by atoms with van der Waals surface area (Å²) in [4.78, 5) is 18.9. The first-order valence-corrected chi connectivity index (χ1v) is 13.0. The highest BCUT2D eigenvalue weighted by molar-refractivity contribution is 7.89. The number of amides is 1. The molecule has 1 saturated heterocycles. The van der Waals surface area contributed by atoms with Crippen molar-refractivity contribution in [3.63, 3.8) is 0 Å². The lowest BCUT2D eigenvalue weighted by atomic mass is 9.96. The van der Waals surface area contributed by atoms with Crippen LogP contribution in [-0.2, 0) is 16.6 Å². The normalized spacial score (nSPS) is 15.6. The highest BCUT2D eigenvalue weighted by atomic mass is 32.2. The van der Waals surface area contributed by atoms with Crippen molar-refractivity contribution in [2.24, 2.45) is 0 Å². The number of pyridine rings is 1. The first kappa shape index (κ1) is 21.7. The van der Waals surface area contributed by atoms with Crippen molar-refractivity contribution in [3.05, 3.63) is 82.4 Å². The summed E-state index contributed by atoms with van der Waals surface area (Å²) in [5.74, 6) is 0.141. The van der Waals surface area contributed by atoms with Gasteiger partial charge in [0.15, 0.2) is 5.65 Å². The molecule has 1 aliphatic heterocycles. The molecule has 0 radical (unpaired) electrons. The molecular weight excluding hydrogens is 458 g/mol. The number of benzene rings is 1. The van der Waals surface area contributed by atoms with E-state index in [0.717, 1.165) is 28.9 Å². The highest BCUT2D eigenvalue weighted by Gasteiger charge is 2.30. The van der Waals surface area contributed by atoms with Crippen molar-refractivity contribution in [3.8, 4) is 0 Å². The van der Waals surface area contributed by atoms with Crippen molar-refractivity contribution in [1.29, 1.82) is 0 Å². The predicted octanol–water partition coefficient (Wildman–Crippen LogP) is 3.29. The number of piperidine rings is 1. The second kappa shape index (κ2) is 9.05. The number of hydrogen-bond acceptors (Lipinski definition) is 6. The molecule has 8 nitrogen and oxygen atoms in total. The van der Waals surface area contributed by atoms with Crippen LogP contribution >= 0.6 is 11.3 Å². The van der Waals surface area contributed by atoms with Gasteiger partial charge in [-0.3, -0.25) is 4.79 Å². The zero-order valence-electron chi connectivity index (χ0n) is 17.8. The average molecular weight is 482 g/mol. The lowest BCUT2D eigenvalue weighted by molar-refractivity contribution is 0.0955. The number of rotatable bonds is 6. The quantitative estimate of drug-likeness (QED) is 0.456. The van der Waals surface area contributed by atoms with Gasteiger partial charge in [0.05, 0.1) is 9.77 Å². The molecule has 3 aromatic heterocycles. The molecular formula is C23H23N5O3S2. The Bertz CT molecular complexity index is 1370. The first-order chi connectivity index (χ1) is 16.0. The molecule has 0 spiro atoms. The number of nitrogens with one attached hydrogen (secondary N) is 1. The topological polar surface area (TPSA) is 96.7 Å². The van der Waals surface area contributed by atoms with E-state index in [2.05, 4.69) is 15.4 Å². The van der Waals surface area contributed by atoms with Gasteiger partial charge in [-0.25, -0.2) is 17.9 Å². The molecule has 1 N–H and O–H groups in total. The van der Waals surface area contributed by atoms with Gasteiger partial charge in [-0.2, -0.15) is 9.40 Å². The first-order valence-electron chi connectivity index (χ1n) is 10.7. The molecule has 4 heterocycles. The maximum atomic E-state index is 12.8. The van der Waals surface area contributed by atoms with Crippen molar-refractivity contribution in [1.82, 2.24) is 24.2 Å². The van der Waals surface area contributed by atoms with E-state index in [-0.39, 0.29) is 11.8 Å². The van der Waals surface area contributed by atoms with Crippen molar-refractivity contribution in [2.75, 3.05) is 13.1 Å². The van der Waals surface area contributed by atoms with E-state index >= 15 is 0 Å². The van der Waals surface area contributed by atoms with Gasteiger partial charge in [-0.1, -0.05) is 24.3 Å². The standard InChI is InChI=1S/C23H23N5O3S2/c29-23(24-14-17-6-9-22-25-16-26-28(22)15-17)21-8-7-20(32-21)18-10-12-27(13-11-18)33(30,31)19-4-2-1-3-5-19/h1-9,15-16,18H,10-14H2,(H,24,29). The molecule has 1 amide bonds. The Balaban J connectivity index is 1.18. The van der Waals surface area contributed by atoms with Crippen LogP contribution in [0, 0.1) is 0 Å². The van der Waals surface area contributed by atoms with Crippen LogP contribution in [0.25, 0.3) is 5.65 Å². The number of carbonyl (C=O) groups is 1. The van der Waals surface area contributed by atoms with E-state index in [9.17, 15) is 13.2 Å². The number of hydrogen-bond donors (Lipinski definition) is 1. The van der Waals surface area contributed by atoms with Gasteiger partial charge in [0, 0.05) is 30.7 Å². The fraction of sp³-hybridized carbons (Fsp3) is 0.261. The maximum Gasteiger partial charge on any atom is 0.261 e. The Morgan fingerprint density at radius 3 is 2.64 bits per heavy atom. The molecule has 33 heavy (non-hydrogen) atoms. The highest BCUT2D eigenvalue weighted by Crippen LogP contribution is 2.34. The van der Waals surface area contributed by atoms with Crippen LogP contribution in [0.15, 0.2) is 72.0 Å². The number of nitrogens with zero attached hydrogens (tertiary/aromatic N) is 4. The Hall–Kier alpha value is -3.08. The second-order valence-electron chi connectivity index (χ2n) is 7.98.